The number of fused-ring (bicyclic) bond motifs is 1. The number of pyridine rings is 1. The molecule has 1 aliphatic heterocycles. The Morgan fingerprint density at radius 3 is 2.22 bits per heavy atom. The molecule has 2 heterocycles. The van der Waals surface area contributed by atoms with Gasteiger partial charge in [-0.05, 0) is 29.2 Å². The molecule has 184 valence electrons. The van der Waals surface area contributed by atoms with Crippen LogP contribution < -0.4 is 16.0 Å². The molecular weight excluding hydrogens is 444 g/mol. The molecule has 1 amide bonds. The molecule has 0 spiro atoms. The fourth-order valence-corrected chi connectivity index (χ4v) is 5.24. The molecule has 1 saturated heterocycles. The van der Waals surface area contributed by atoms with Crippen molar-refractivity contribution in [1.82, 2.24) is 20.9 Å². The zero-order valence-corrected chi connectivity index (χ0v) is 20.9. The van der Waals surface area contributed by atoms with Crippen LogP contribution in [0.4, 0.5) is 0 Å². The molecule has 1 fully saturated rings. The third kappa shape index (κ3) is 5.18. The highest BCUT2D eigenvalue weighted by Gasteiger charge is 2.29. The maximum absolute atomic E-state index is 13.9. The van der Waals surface area contributed by atoms with Gasteiger partial charge in [-0.25, -0.2) is 0 Å². The van der Waals surface area contributed by atoms with Crippen LogP contribution in [-0.4, -0.2) is 36.6 Å². The van der Waals surface area contributed by atoms with E-state index in [0.29, 0.717) is 5.56 Å². The molecule has 1 aliphatic rings. The zero-order valence-electron chi connectivity index (χ0n) is 20.9. The maximum Gasteiger partial charge on any atom is 0.252 e. The summed E-state index contributed by atoms with van der Waals surface area (Å²) in [6, 6.07) is 30.7. The van der Waals surface area contributed by atoms with Crippen LogP contribution in [0.25, 0.3) is 10.9 Å². The van der Waals surface area contributed by atoms with E-state index < -0.39 is 0 Å². The van der Waals surface area contributed by atoms with E-state index in [-0.39, 0.29) is 29.8 Å². The van der Waals surface area contributed by atoms with Crippen molar-refractivity contribution in [2.24, 2.45) is 5.92 Å². The molecular formula is C31H34N4O. The van der Waals surface area contributed by atoms with E-state index in [4.69, 9.17) is 4.98 Å². The van der Waals surface area contributed by atoms with Gasteiger partial charge in [0.2, 0.25) is 0 Å². The predicted octanol–water partition coefficient (Wildman–Crippen LogP) is 5.06. The van der Waals surface area contributed by atoms with Crippen LogP contribution in [0.15, 0.2) is 91.0 Å². The Kier molecular flexibility index (Phi) is 7.40. The molecule has 3 atom stereocenters. The Bertz CT molecular complexity index is 1300. The Labute approximate surface area is 213 Å². The summed E-state index contributed by atoms with van der Waals surface area (Å²) in [5.74, 6) is 0.197. The summed E-state index contributed by atoms with van der Waals surface area (Å²) in [6.45, 7) is 6.98. The highest BCUT2D eigenvalue weighted by molar-refractivity contribution is 6.06. The molecule has 5 rings (SSSR count). The minimum absolute atomic E-state index is 0.0187. The molecule has 3 aromatic carbocycles. The van der Waals surface area contributed by atoms with Gasteiger partial charge in [-0.1, -0.05) is 92.7 Å². The van der Waals surface area contributed by atoms with Gasteiger partial charge < -0.3 is 16.0 Å². The quantitative estimate of drug-likeness (QED) is 0.348. The number of carbonyl (C=O) groups excluding carboxylic acids is 1. The monoisotopic (exact) mass is 478 g/mol. The lowest BCUT2D eigenvalue weighted by Gasteiger charge is -2.32. The van der Waals surface area contributed by atoms with E-state index in [0.717, 1.165) is 41.8 Å². The van der Waals surface area contributed by atoms with E-state index >= 15 is 0 Å². The summed E-state index contributed by atoms with van der Waals surface area (Å²) in [6.07, 6.45) is 0. The number of rotatable bonds is 7. The molecule has 5 nitrogen and oxygen atoms in total. The number of amides is 1. The first-order valence-electron chi connectivity index (χ1n) is 12.9. The molecule has 0 aliphatic carbocycles. The van der Waals surface area contributed by atoms with Crippen molar-refractivity contribution in [3.8, 4) is 0 Å². The van der Waals surface area contributed by atoms with Crippen molar-refractivity contribution in [3.63, 3.8) is 0 Å². The topological polar surface area (TPSA) is 66.1 Å². The summed E-state index contributed by atoms with van der Waals surface area (Å²) in [5.41, 5.74) is 4.72. The summed E-state index contributed by atoms with van der Waals surface area (Å²) >= 11 is 0. The van der Waals surface area contributed by atoms with E-state index in [1.165, 1.54) is 5.56 Å². The molecule has 2 unspecified atom stereocenters. The minimum Gasteiger partial charge on any atom is -0.345 e. The van der Waals surface area contributed by atoms with Crippen LogP contribution in [0, 0.1) is 5.92 Å². The second-order valence-corrected chi connectivity index (χ2v) is 9.87. The first-order chi connectivity index (χ1) is 17.6. The summed E-state index contributed by atoms with van der Waals surface area (Å²) in [4.78, 5) is 19.0. The summed E-state index contributed by atoms with van der Waals surface area (Å²) < 4.78 is 0. The van der Waals surface area contributed by atoms with E-state index in [9.17, 15) is 4.79 Å². The highest BCUT2D eigenvalue weighted by Crippen LogP contribution is 2.31. The first-order valence-corrected chi connectivity index (χ1v) is 12.9. The second kappa shape index (κ2) is 11.0. The third-order valence-corrected chi connectivity index (χ3v) is 7.04. The van der Waals surface area contributed by atoms with Crippen molar-refractivity contribution in [3.05, 3.63) is 113 Å². The van der Waals surface area contributed by atoms with Gasteiger partial charge in [0.25, 0.3) is 5.91 Å². The minimum atomic E-state index is -0.0804. The zero-order chi connectivity index (χ0) is 24.9. The van der Waals surface area contributed by atoms with Crippen LogP contribution in [0.1, 0.15) is 53.0 Å². The lowest BCUT2D eigenvalue weighted by Crippen LogP contribution is -2.51. The van der Waals surface area contributed by atoms with Crippen molar-refractivity contribution in [1.29, 1.82) is 0 Å². The van der Waals surface area contributed by atoms with Gasteiger partial charge in [-0.2, -0.15) is 0 Å². The largest absolute Gasteiger partial charge is 0.345 e. The first kappa shape index (κ1) is 24.2. The van der Waals surface area contributed by atoms with Gasteiger partial charge in [0.05, 0.1) is 22.8 Å². The standard InChI is InChI=1S/C31H34N4O/c1-21(2)30(23-13-7-4-8-14-23)35-31(36)25-19-27(34-26-16-10-9-15-24(25)26)29(22-11-5-3-6-12-22)28-20-32-17-18-33-28/h3-16,19,21,28-30,32-33H,17-18,20H2,1-2H3,(H,35,36)/t28-,29?,30?/m1/s1. The Morgan fingerprint density at radius 2 is 1.56 bits per heavy atom. The number of piperazine rings is 1. The van der Waals surface area contributed by atoms with Gasteiger partial charge in [-0.3, -0.25) is 9.78 Å². The van der Waals surface area contributed by atoms with Crippen LogP contribution in [-0.2, 0) is 0 Å². The number of hydrogen-bond donors (Lipinski definition) is 3. The molecule has 1 aromatic heterocycles. The Hall–Kier alpha value is -3.54. The molecule has 0 saturated carbocycles. The van der Waals surface area contributed by atoms with Gasteiger partial charge >= 0.3 is 0 Å². The number of carbonyl (C=O) groups is 1. The van der Waals surface area contributed by atoms with Crippen LogP contribution >= 0.6 is 0 Å². The normalized spacial score (nSPS) is 17.6. The molecule has 5 heteroatoms. The van der Waals surface area contributed by atoms with Crippen molar-refractivity contribution >= 4 is 16.8 Å². The molecule has 0 bridgehead atoms. The van der Waals surface area contributed by atoms with E-state index in [2.05, 4.69) is 66.2 Å². The molecule has 36 heavy (non-hydrogen) atoms. The van der Waals surface area contributed by atoms with E-state index in [1.807, 2.05) is 54.6 Å². The number of para-hydroxylation sites is 1. The van der Waals surface area contributed by atoms with Crippen LogP contribution in [0.5, 0.6) is 0 Å². The fourth-order valence-electron chi connectivity index (χ4n) is 5.24. The van der Waals surface area contributed by atoms with Gasteiger partial charge in [0, 0.05) is 37.0 Å². The van der Waals surface area contributed by atoms with Crippen molar-refractivity contribution in [2.45, 2.75) is 31.8 Å². The fraction of sp³-hybridized carbons (Fsp3) is 0.290. The summed E-state index contributed by atoms with van der Waals surface area (Å²) in [5, 5.41) is 11.4. The number of aromatic nitrogens is 1. The molecule has 3 N–H and O–H groups in total. The number of nitrogens with zero attached hydrogens (tertiary/aromatic N) is 1. The third-order valence-electron chi connectivity index (χ3n) is 7.04. The van der Waals surface area contributed by atoms with Crippen molar-refractivity contribution < 1.29 is 4.79 Å². The summed E-state index contributed by atoms with van der Waals surface area (Å²) in [7, 11) is 0. The Balaban J connectivity index is 1.58. The number of nitrogens with one attached hydrogen (secondary N) is 3. The van der Waals surface area contributed by atoms with E-state index in [1.54, 1.807) is 0 Å². The lowest BCUT2D eigenvalue weighted by molar-refractivity contribution is 0.0927. The second-order valence-electron chi connectivity index (χ2n) is 9.87. The number of hydrogen-bond acceptors (Lipinski definition) is 4. The van der Waals surface area contributed by atoms with Crippen LogP contribution in [0.2, 0.25) is 0 Å². The SMILES string of the molecule is CC(C)C(NC(=O)c1cc(C(c2ccccc2)[C@H]2CNCCN2)nc2ccccc12)c1ccccc1. The lowest BCUT2D eigenvalue weighted by atomic mass is 9.86. The maximum atomic E-state index is 13.9. The number of benzene rings is 3. The van der Waals surface area contributed by atoms with Gasteiger partial charge in [0.15, 0.2) is 0 Å². The van der Waals surface area contributed by atoms with Crippen molar-refractivity contribution in [2.75, 3.05) is 19.6 Å². The molecule has 0 radical (unpaired) electrons. The predicted molar refractivity (Wildman–Crippen MR) is 146 cm³/mol. The smallest absolute Gasteiger partial charge is 0.252 e. The average molecular weight is 479 g/mol. The van der Waals surface area contributed by atoms with Gasteiger partial charge in [0.1, 0.15) is 0 Å². The van der Waals surface area contributed by atoms with Gasteiger partial charge in [-0.15, -0.1) is 0 Å². The average Bonchev–Trinajstić information content (AvgIpc) is 2.93. The van der Waals surface area contributed by atoms with Crippen LogP contribution in [0.3, 0.4) is 0 Å². The highest BCUT2D eigenvalue weighted by atomic mass is 16.1. The Morgan fingerprint density at radius 1 is 0.889 bits per heavy atom. The molecule has 4 aromatic rings.